The van der Waals surface area contributed by atoms with Gasteiger partial charge in [-0.1, -0.05) is 18.2 Å². The molecule has 3 aliphatic heterocycles. The summed E-state index contributed by atoms with van der Waals surface area (Å²) < 4.78 is 5.94. The number of carbonyl (C=O) groups excluding carboxylic acids is 2. The first-order valence-corrected chi connectivity index (χ1v) is 14.4. The average molecular weight is 543 g/mol. The van der Waals surface area contributed by atoms with Gasteiger partial charge in [0.2, 0.25) is 5.95 Å². The van der Waals surface area contributed by atoms with Crippen LogP contribution < -0.4 is 10.2 Å². The summed E-state index contributed by atoms with van der Waals surface area (Å²) in [6.07, 6.45) is 4.32. The van der Waals surface area contributed by atoms with Crippen molar-refractivity contribution >= 4 is 61.4 Å². The first-order valence-electron chi connectivity index (χ1n) is 13.5. The fourth-order valence-corrected chi connectivity index (χ4v) is 7.11. The maximum absolute atomic E-state index is 13.3. The van der Waals surface area contributed by atoms with Crippen molar-refractivity contribution in [3.05, 3.63) is 53.2 Å². The summed E-state index contributed by atoms with van der Waals surface area (Å²) in [5, 5.41) is 6.17. The standard InChI is InChI=1S/C29H30N6O3S/c1-16-14-35(15-17(2)38-16)18-7-10-34(11-8-18)29-31-22-6-4-3-5-20(22)25(32-29)24-23(26(36)33-27(24)37)21-13-30-28-19(21)9-12-39-28/h3-6,9,12-13,16-18,30H,7-8,10-11,14-15H2,1-2H3,(H,33,36,37)/t16-,17+. The van der Waals surface area contributed by atoms with E-state index in [4.69, 9.17) is 14.7 Å². The largest absolute Gasteiger partial charge is 0.373 e. The monoisotopic (exact) mass is 542 g/mol. The van der Waals surface area contributed by atoms with E-state index in [1.165, 1.54) is 0 Å². The Morgan fingerprint density at radius 2 is 1.69 bits per heavy atom. The molecule has 9 nitrogen and oxygen atoms in total. The van der Waals surface area contributed by atoms with Gasteiger partial charge in [0.15, 0.2) is 0 Å². The maximum Gasteiger partial charge on any atom is 0.261 e. The number of benzene rings is 1. The minimum Gasteiger partial charge on any atom is -0.373 e. The molecule has 0 unspecified atom stereocenters. The van der Waals surface area contributed by atoms with Gasteiger partial charge in [-0.15, -0.1) is 11.3 Å². The highest BCUT2D eigenvalue weighted by Crippen LogP contribution is 2.38. The number of rotatable bonds is 4. The summed E-state index contributed by atoms with van der Waals surface area (Å²) >= 11 is 1.56. The molecule has 0 saturated carbocycles. The Morgan fingerprint density at radius 3 is 2.49 bits per heavy atom. The lowest BCUT2D eigenvalue weighted by molar-refractivity contribution is -0.122. The third kappa shape index (κ3) is 4.23. The van der Waals surface area contributed by atoms with Crippen molar-refractivity contribution in [1.29, 1.82) is 0 Å². The molecule has 200 valence electrons. The number of piperidine rings is 1. The van der Waals surface area contributed by atoms with Gasteiger partial charge in [0.25, 0.3) is 11.8 Å². The van der Waals surface area contributed by atoms with Gasteiger partial charge in [-0.25, -0.2) is 9.97 Å². The van der Waals surface area contributed by atoms with E-state index in [-0.39, 0.29) is 12.2 Å². The van der Waals surface area contributed by atoms with Gasteiger partial charge < -0.3 is 14.6 Å². The fourth-order valence-electron chi connectivity index (χ4n) is 6.34. The van der Waals surface area contributed by atoms with Gasteiger partial charge in [0, 0.05) is 54.8 Å². The van der Waals surface area contributed by atoms with Crippen molar-refractivity contribution in [3.63, 3.8) is 0 Å². The Kier molecular flexibility index (Phi) is 5.98. The molecule has 2 saturated heterocycles. The summed E-state index contributed by atoms with van der Waals surface area (Å²) in [6.45, 7) is 7.86. The molecule has 0 aliphatic carbocycles. The van der Waals surface area contributed by atoms with Gasteiger partial charge in [0.05, 0.1) is 34.6 Å². The number of nitrogens with zero attached hydrogens (tertiary/aromatic N) is 4. The number of morpholine rings is 1. The number of hydrogen-bond acceptors (Lipinski definition) is 8. The van der Waals surface area contributed by atoms with Crippen LogP contribution >= 0.6 is 11.3 Å². The second kappa shape index (κ2) is 9.55. The Hall–Kier alpha value is -3.60. The number of anilines is 1. The molecule has 3 aromatic heterocycles. The van der Waals surface area contributed by atoms with Crippen LogP contribution in [0.25, 0.3) is 32.3 Å². The quantitative estimate of drug-likeness (QED) is 0.378. The number of carbonyl (C=O) groups is 2. The second-order valence-electron chi connectivity index (χ2n) is 10.7. The number of imide groups is 1. The lowest BCUT2D eigenvalue weighted by Gasteiger charge is -2.43. The third-order valence-corrected chi connectivity index (χ3v) is 8.89. The predicted molar refractivity (Wildman–Crippen MR) is 152 cm³/mol. The molecule has 3 aliphatic rings. The SMILES string of the molecule is C[C@@H]1CN(C2CCN(c3nc(C4=C(c5c[nH]c6sccc56)C(=O)NC4=O)c4ccccc4n3)CC2)C[C@H](C)O1. The molecule has 2 atom stereocenters. The van der Waals surface area contributed by atoms with Crippen LogP contribution in [0.15, 0.2) is 41.9 Å². The van der Waals surface area contributed by atoms with Crippen LogP contribution in [0.1, 0.15) is 37.9 Å². The van der Waals surface area contributed by atoms with E-state index < -0.39 is 11.8 Å². The third-order valence-electron chi connectivity index (χ3n) is 8.04. The number of aromatic amines is 1. The Bertz CT molecular complexity index is 1620. The topological polar surface area (TPSA) is 103 Å². The first kappa shape index (κ1) is 24.4. The number of ether oxygens (including phenoxy) is 1. The van der Waals surface area contributed by atoms with Crippen LogP contribution in [-0.2, 0) is 14.3 Å². The Balaban J connectivity index is 1.27. The van der Waals surface area contributed by atoms with Crippen molar-refractivity contribution in [1.82, 2.24) is 25.2 Å². The molecule has 1 aromatic carbocycles. The van der Waals surface area contributed by atoms with Crippen LogP contribution in [0.4, 0.5) is 5.95 Å². The lowest BCUT2D eigenvalue weighted by Crippen LogP contribution is -2.53. The van der Waals surface area contributed by atoms with E-state index in [2.05, 4.69) is 33.9 Å². The normalized spacial score (nSPS) is 23.4. The molecule has 0 radical (unpaired) electrons. The summed E-state index contributed by atoms with van der Waals surface area (Å²) in [7, 11) is 0. The van der Waals surface area contributed by atoms with Crippen molar-refractivity contribution < 1.29 is 14.3 Å². The summed E-state index contributed by atoms with van der Waals surface area (Å²) in [5.74, 6) is -0.232. The highest BCUT2D eigenvalue weighted by Gasteiger charge is 2.36. The van der Waals surface area contributed by atoms with E-state index >= 15 is 0 Å². The molecule has 6 heterocycles. The Labute approximate surface area is 229 Å². The summed E-state index contributed by atoms with van der Waals surface area (Å²) in [4.78, 5) is 45.3. The van der Waals surface area contributed by atoms with E-state index in [9.17, 15) is 9.59 Å². The van der Waals surface area contributed by atoms with Crippen molar-refractivity contribution in [2.24, 2.45) is 0 Å². The molecule has 7 rings (SSSR count). The average Bonchev–Trinajstić information content (AvgIpc) is 3.62. The molecule has 2 fully saturated rings. The smallest absolute Gasteiger partial charge is 0.261 e. The molecule has 10 heteroatoms. The zero-order chi connectivity index (χ0) is 26.7. The molecule has 39 heavy (non-hydrogen) atoms. The highest BCUT2D eigenvalue weighted by molar-refractivity contribution is 7.16. The fraction of sp³-hybridized carbons (Fsp3) is 0.379. The number of aromatic nitrogens is 3. The number of para-hydroxylation sites is 1. The molecule has 0 spiro atoms. The summed E-state index contributed by atoms with van der Waals surface area (Å²) in [5.41, 5.74) is 2.62. The van der Waals surface area contributed by atoms with Gasteiger partial charge in [-0.2, -0.15) is 0 Å². The molecular formula is C29H30N6O3S. The minimum absolute atomic E-state index is 0.247. The van der Waals surface area contributed by atoms with Crippen LogP contribution in [0, 0.1) is 0 Å². The van der Waals surface area contributed by atoms with Gasteiger partial charge in [0.1, 0.15) is 4.83 Å². The van der Waals surface area contributed by atoms with Crippen LogP contribution in [0.5, 0.6) is 0 Å². The molecular weight excluding hydrogens is 512 g/mol. The molecule has 2 amide bonds. The Morgan fingerprint density at radius 1 is 0.949 bits per heavy atom. The number of H-pyrrole nitrogens is 1. The number of amides is 2. The number of fused-ring (bicyclic) bond motifs is 2. The molecule has 2 N–H and O–H groups in total. The van der Waals surface area contributed by atoms with Crippen molar-refractivity contribution in [2.45, 2.75) is 44.9 Å². The van der Waals surface area contributed by atoms with Crippen LogP contribution in [0.2, 0.25) is 0 Å². The highest BCUT2D eigenvalue weighted by atomic mass is 32.1. The van der Waals surface area contributed by atoms with Crippen molar-refractivity contribution in [2.75, 3.05) is 31.1 Å². The predicted octanol–water partition coefficient (Wildman–Crippen LogP) is 3.82. The van der Waals surface area contributed by atoms with Crippen LogP contribution in [0.3, 0.4) is 0 Å². The van der Waals surface area contributed by atoms with E-state index in [1.54, 1.807) is 17.5 Å². The maximum atomic E-state index is 13.3. The number of thiophene rings is 1. The lowest BCUT2D eigenvalue weighted by atomic mass is 9.97. The van der Waals surface area contributed by atoms with Gasteiger partial charge in [-0.05, 0) is 44.2 Å². The van der Waals surface area contributed by atoms with E-state index in [1.807, 2.05) is 35.7 Å². The number of nitrogens with one attached hydrogen (secondary N) is 2. The summed E-state index contributed by atoms with van der Waals surface area (Å²) in [6, 6.07) is 10.2. The minimum atomic E-state index is -0.427. The molecule has 4 aromatic rings. The number of hydrogen-bond donors (Lipinski definition) is 2. The zero-order valence-electron chi connectivity index (χ0n) is 21.9. The first-order chi connectivity index (χ1) is 19.0. The van der Waals surface area contributed by atoms with Gasteiger partial charge >= 0.3 is 0 Å². The van der Waals surface area contributed by atoms with Crippen molar-refractivity contribution in [3.8, 4) is 0 Å². The zero-order valence-corrected chi connectivity index (χ0v) is 22.8. The van der Waals surface area contributed by atoms with E-state index in [0.717, 1.165) is 60.1 Å². The van der Waals surface area contributed by atoms with E-state index in [0.29, 0.717) is 34.4 Å². The second-order valence-corrected chi connectivity index (χ2v) is 11.6. The molecule has 0 bridgehead atoms. The van der Waals surface area contributed by atoms with Gasteiger partial charge in [-0.3, -0.25) is 19.8 Å². The van der Waals surface area contributed by atoms with Crippen LogP contribution in [-0.4, -0.2) is 76.1 Å².